The molecule has 2 rings (SSSR count). The summed E-state index contributed by atoms with van der Waals surface area (Å²) >= 11 is 5.04. The van der Waals surface area contributed by atoms with Gasteiger partial charge < -0.3 is 10.6 Å². The smallest absolute Gasteiger partial charge is 0.254 e. The van der Waals surface area contributed by atoms with Gasteiger partial charge in [-0.3, -0.25) is 4.79 Å². The monoisotopic (exact) mass is 326 g/mol. The summed E-state index contributed by atoms with van der Waals surface area (Å²) in [6.07, 6.45) is 3.84. The Labute approximate surface area is 130 Å². The summed E-state index contributed by atoms with van der Waals surface area (Å²) in [5.41, 5.74) is 6.16. The van der Waals surface area contributed by atoms with E-state index < -0.39 is 9.84 Å². The molecular formula is C14H18N2O3S2. The molecule has 1 fully saturated rings. The number of sulfone groups is 1. The Morgan fingerprint density at radius 2 is 1.90 bits per heavy atom. The molecular weight excluding hydrogens is 308 g/mol. The number of piperidine rings is 1. The maximum Gasteiger partial charge on any atom is 0.254 e. The number of thiocarbonyl (C=S) groups is 1. The van der Waals surface area contributed by atoms with E-state index in [1.807, 2.05) is 0 Å². The average Bonchev–Trinajstić information content (AvgIpc) is 2.45. The molecule has 7 heteroatoms. The third-order valence-electron chi connectivity index (χ3n) is 3.62. The first-order valence-corrected chi connectivity index (χ1v) is 9.01. The Morgan fingerprint density at radius 3 is 2.43 bits per heavy atom. The van der Waals surface area contributed by atoms with Crippen molar-refractivity contribution in [1.29, 1.82) is 0 Å². The van der Waals surface area contributed by atoms with Gasteiger partial charge in [0, 0.05) is 18.4 Å². The van der Waals surface area contributed by atoms with Gasteiger partial charge in [0.15, 0.2) is 9.84 Å². The van der Waals surface area contributed by atoms with Gasteiger partial charge in [-0.2, -0.15) is 0 Å². The molecule has 114 valence electrons. The molecule has 1 heterocycles. The predicted octanol–water partition coefficient (Wildman–Crippen LogP) is 1.37. The van der Waals surface area contributed by atoms with Crippen LogP contribution in [-0.4, -0.2) is 43.1 Å². The number of nitrogens with two attached hydrogens (primary N) is 1. The van der Waals surface area contributed by atoms with Crippen LogP contribution in [0.1, 0.15) is 29.6 Å². The Morgan fingerprint density at radius 1 is 1.29 bits per heavy atom. The molecule has 1 aromatic carbocycles. The van der Waals surface area contributed by atoms with E-state index in [-0.39, 0.29) is 16.8 Å². The van der Waals surface area contributed by atoms with E-state index in [1.165, 1.54) is 24.3 Å². The minimum absolute atomic E-state index is 0.160. The fourth-order valence-corrected chi connectivity index (χ4v) is 3.36. The van der Waals surface area contributed by atoms with Crippen LogP contribution in [0.15, 0.2) is 29.2 Å². The van der Waals surface area contributed by atoms with Gasteiger partial charge in [-0.05, 0) is 43.5 Å². The van der Waals surface area contributed by atoms with Gasteiger partial charge in [-0.15, -0.1) is 0 Å². The van der Waals surface area contributed by atoms with Gasteiger partial charge in [0.1, 0.15) is 0 Å². The summed E-state index contributed by atoms with van der Waals surface area (Å²) < 4.78 is 22.9. The van der Waals surface area contributed by atoms with E-state index in [9.17, 15) is 13.2 Å². The quantitative estimate of drug-likeness (QED) is 0.849. The summed E-state index contributed by atoms with van der Waals surface area (Å²) in [5.74, 6) is -0.160. The van der Waals surface area contributed by atoms with Crippen molar-refractivity contribution in [1.82, 2.24) is 4.90 Å². The SMILES string of the molecule is CS(=O)(=O)c1ccc(C(=O)N2CCCCC2C(N)=S)cc1. The summed E-state index contributed by atoms with van der Waals surface area (Å²) in [5, 5.41) is 0. The number of carbonyl (C=O) groups excluding carboxylic acids is 1. The lowest BCUT2D eigenvalue weighted by molar-refractivity contribution is 0.0681. The minimum Gasteiger partial charge on any atom is -0.392 e. The first-order chi connectivity index (χ1) is 9.80. The topological polar surface area (TPSA) is 80.5 Å². The van der Waals surface area contributed by atoms with Crippen molar-refractivity contribution >= 4 is 33.0 Å². The molecule has 5 nitrogen and oxygen atoms in total. The summed E-state index contributed by atoms with van der Waals surface area (Å²) in [4.78, 5) is 14.7. The van der Waals surface area contributed by atoms with Crippen LogP contribution in [-0.2, 0) is 9.84 Å². The van der Waals surface area contributed by atoms with E-state index in [0.717, 1.165) is 25.5 Å². The van der Waals surface area contributed by atoms with Gasteiger partial charge in [0.25, 0.3) is 5.91 Å². The Bertz CT molecular complexity index is 653. The van der Waals surface area contributed by atoms with Crippen molar-refractivity contribution in [2.45, 2.75) is 30.2 Å². The van der Waals surface area contributed by atoms with Crippen LogP contribution >= 0.6 is 12.2 Å². The molecule has 1 aliphatic heterocycles. The van der Waals surface area contributed by atoms with Crippen LogP contribution in [0.25, 0.3) is 0 Å². The standard InChI is InChI=1S/C14H18N2O3S2/c1-21(18,19)11-7-5-10(6-8-11)14(17)16-9-3-2-4-12(16)13(15)20/h5-8,12H,2-4,9H2,1H3,(H2,15,20). The molecule has 1 amide bonds. The molecule has 1 unspecified atom stereocenters. The zero-order chi connectivity index (χ0) is 15.6. The molecule has 1 aromatic rings. The number of carbonyl (C=O) groups is 1. The van der Waals surface area contributed by atoms with Crippen LogP contribution in [0.5, 0.6) is 0 Å². The molecule has 1 aliphatic rings. The normalized spacial score (nSPS) is 19.3. The second-order valence-electron chi connectivity index (χ2n) is 5.21. The van der Waals surface area contributed by atoms with Gasteiger partial charge in [0.05, 0.1) is 15.9 Å². The fourth-order valence-electron chi connectivity index (χ4n) is 2.48. The van der Waals surface area contributed by atoms with Gasteiger partial charge >= 0.3 is 0 Å². The lowest BCUT2D eigenvalue weighted by atomic mass is 10.0. The highest BCUT2D eigenvalue weighted by Crippen LogP contribution is 2.21. The Hall–Kier alpha value is -1.47. The summed E-state index contributed by atoms with van der Waals surface area (Å²) in [7, 11) is -3.26. The molecule has 2 N–H and O–H groups in total. The maximum absolute atomic E-state index is 12.5. The van der Waals surface area contributed by atoms with Crippen molar-refractivity contribution in [3.8, 4) is 0 Å². The second kappa shape index (κ2) is 6.11. The molecule has 1 saturated heterocycles. The highest BCUT2D eigenvalue weighted by atomic mass is 32.2. The van der Waals surface area contributed by atoms with E-state index in [4.69, 9.17) is 18.0 Å². The molecule has 0 spiro atoms. The van der Waals surface area contributed by atoms with E-state index in [0.29, 0.717) is 17.1 Å². The van der Waals surface area contributed by atoms with Crippen LogP contribution in [0, 0.1) is 0 Å². The number of rotatable bonds is 3. The number of hydrogen-bond acceptors (Lipinski definition) is 4. The molecule has 21 heavy (non-hydrogen) atoms. The number of likely N-dealkylation sites (tertiary alicyclic amines) is 1. The lowest BCUT2D eigenvalue weighted by Crippen LogP contribution is -2.49. The van der Waals surface area contributed by atoms with Crippen molar-refractivity contribution < 1.29 is 13.2 Å². The third kappa shape index (κ3) is 3.59. The van der Waals surface area contributed by atoms with E-state index in [2.05, 4.69) is 0 Å². The Kier molecular flexibility index (Phi) is 4.63. The zero-order valence-electron chi connectivity index (χ0n) is 11.8. The lowest BCUT2D eigenvalue weighted by Gasteiger charge is -2.35. The van der Waals surface area contributed by atoms with Crippen LogP contribution in [0.4, 0.5) is 0 Å². The van der Waals surface area contributed by atoms with Crippen molar-refractivity contribution in [3.05, 3.63) is 29.8 Å². The molecule has 0 aliphatic carbocycles. The van der Waals surface area contributed by atoms with Crippen LogP contribution in [0.2, 0.25) is 0 Å². The second-order valence-corrected chi connectivity index (χ2v) is 7.70. The first kappa shape index (κ1) is 15.9. The fraction of sp³-hybridized carbons (Fsp3) is 0.429. The average molecular weight is 326 g/mol. The largest absolute Gasteiger partial charge is 0.392 e. The number of amides is 1. The maximum atomic E-state index is 12.5. The summed E-state index contributed by atoms with van der Waals surface area (Å²) in [6.45, 7) is 0.620. The zero-order valence-corrected chi connectivity index (χ0v) is 13.4. The van der Waals surface area contributed by atoms with E-state index in [1.54, 1.807) is 4.90 Å². The van der Waals surface area contributed by atoms with Crippen LogP contribution in [0.3, 0.4) is 0 Å². The van der Waals surface area contributed by atoms with E-state index >= 15 is 0 Å². The third-order valence-corrected chi connectivity index (χ3v) is 5.02. The highest BCUT2D eigenvalue weighted by Gasteiger charge is 2.29. The molecule has 0 bridgehead atoms. The highest BCUT2D eigenvalue weighted by molar-refractivity contribution is 7.90. The Balaban J connectivity index is 2.24. The van der Waals surface area contributed by atoms with Crippen molar-refractivity contribution in [2.75, 3.05) is 12.8 Å². The van der Waals surface area contributed by atoms with Crippen molar-refractivity contribution in [3.63, 3.8) is 0 Å². The summed E-state index contributed by atoms with van der Waals surface area (Å²) in [6, 6.07) is 5.74. The predicted molar refractivity (Wildman–Crippen MR) is 85.0 cm³/mol. The minimum atomic E-state index is -3.26. The molecule has 0 aromatic heterocycles. The van der Waals surface area contributed by atoms with Gasteiger partial charge in [-0.25, -0.2) is 8.42 Å². The van der Waals surface area contributed by atoms with Gasteiger partial charge in [0.2, 0.25) is 0 Å². The molecule has 0 radical (unpaired) electrons. The molecule has 1 atom stereocenters. The number of hydrogen-bond donors (Lipinski definition) is 1. The number of benzene rings is 1. The number of nitrogens with zero attached hydrogens (tertiary/aromatic N) is 1. The van der Waals surface area contributed by atoms with Gasteiger partial charge in [-0.1, -0.05) is 12.2 Å². The first-order valence-electron chi connectivity index (χ1n) is 6.71. The van der Waals surface area contributed by atoms with Crippen LogP contribution < -0.4 is 5.73 Å². The van der Waals surface area contributed by atoms with Crippen molar-refractivity contribution in [2.24, 2.45) is 5.73 Å². The molecule has 0 saturated carbocycles.